The van der Waals surface area contributed by atoms with Crippen molar-refractivity contribution in [2.45, 2.75) is 6.54 Å². The number of rotatable bonds is 4. The standard InChI is InChI=1S/C14H16FN5/c1-19(2)14-18-9-12(20(14)3)8-17-13-5-4-11(15)6-10(13)7-16/h4-6,9,17H,8H2,1-3H3. The van der Waals surface area contributed by atoms with Gasteiger partial charge in [0.15, 0.2) is 0 Å². The summed E-state index contributed by atoms with van der Waals surface area (Å²) < 4.78 is 15.0. The number of nitriles is 1. The molecule has 0 spiro atoms. The van der Waals surface area contributed by atoms with Crippen molar-refractivity contribution in [3.8, 4) is 6.07 Å². The van der Waals surface area contributed by atoms with Gasteiger partial charge < -0.3 is 14.8 Å². The van der Waals surface area contributed by atoms with Crippen LogP contribution in [0, 0.1) is 17.1 Å². The molecule has 0 aliphatic carbocycles. The van der Waals surface area contributed by atoms with Crippen molar-refractivity contribution in [2.24, 2.45) is 7.05 Å². The van der Waals surface area contributed by atoms with Crippen molar-refractivity contribution < 1.29 is 4.39 Å². The lowest BCUT2D eigenvalue weighted by Gasteiger charge is -2.13. The molecule has 0 fully saturated rings. The fourth-order valence-corrected chi connectivity index (χ4v) is 1.96. The summed E-state index contributed by atoms with van der Waals surface area (Å²) in [6.07, 6.45) is 1.78. The summed E-state index contributed by atoms with van der Waals surface area (Å²) in [5.41, 5.74) is 1.88. The van der Waals surface area contributed by atoms with Gasteiger partial charge in [0.1, 0.15) is 11.9 Å². The van der Waals surface area contributed by atoms with Crippen LogP contribution >= 0.6 is 0 Å². The third-order valence-corrected chi connectivity index (χ3v) is 3.02. The van der Waals surface area contributed by atoms with Gasteiger partial charge in [-0.15, -0.1) is 0 Å². The predicted molar refractivity (Wildman–Crippen MR) is 76.0 cm³/mol. The van der Waals surface area contributed by atoms with Crippen molar-refractivity contribution in [3.63, 3.8) is 0 Å². The van der Waals surface area contributed by atoms with Crippen LogP contribution in [-0.2, 0) is 13.6 Å². The fourth-order valence-electron chi connectivity index (χ4n) is 1.96. The van der Waals surface area contributed by atoms with Crippen LogP contribution in [0.4, 0.5) is 16.0 Å². The first-order valence-electron chi connectivity index (χ1n) is 6.14. The van der Waals surface area contributed by atoms with Gasteiger partial charge in [-0.05, 0) is 18.2 Å². The molecule has 0 amide bonds. The molecule has 2 rings (SSSR count). The maximum Gasteiger partial charge on any atom is 0.204 e. The highest BCUT2D eigenvalue weighted by Crippen LogP contribution is 2.18. The Hall–Kier alpha value is -2.55. The van der Waals surface area contributed by atoms with Gasteiger partial charge in [-0.2, -0.15) is 5.26 Å². The number of imidazole rings is 1. The maximum absolute atomic E-state index is 13.1. The number of hydrogen-bond donors (Lipinski definition) is 1. The van der Waals surface area contributed by atoms with Crippen LogP contribution in [0.3, 0.4) is 0 Å². The molecule has 1 aromatic carbocycles. The van der Waals surface area contributed by atoms with E-state index >= 15 is 0 Å². The number of benzene rings is 1. The Balaban J connectivity index is 2.16. The second-order valence-electron chi connectivity index (χ2n) is 4.66. The number of anilines is 2. The molecule has 0 saturated carbocycles. The van der Waals surface area contributed by atoms with Crippen LogP contribution in [0.15, 0.2) is 24.4 Å². The summed E-state index contributed by atoms with van der Waals surface area (Å²) in [5, 5.41) is 12.1. The number of aromatic nitrogens is 2. The van der Waals surface area contributed by atoms with Crippen LogP contribution < -0.4 is 10.2 Å². The first-order chi connectivity index (χ1) is 9.52. The summed E-state index contributed by atoms with van der Waals surface area (Å²) in [7, 11) is 5.77. The van der Waals surface area contributed by atoms with Crippen LogP contribution in [-0.4, -0.2) is 23.6 Å². The summed E-state index contributed by atoms with van der Waals surface area (Å²) in [4.78, 5) is 6.23. The maximum atomic E-state index is 13.1. The number of halogens is 1. The van der Waals surface area contributed by atoms with Gasteiger partial charge in [-0.25, -0.2) is 9.37 Å². The average molecular weight is 273 g/mol. The Morgan fingerprint density at radius 2 is 2.20 bits per heavy atom. The van der Waals surface area contributed by atoms with Gasteiger partial charge in [-0.1, -0.05) is 0 Å². The Morgan fingerprint density at radius 3 is 2.80 bits per heavy atom. The van der Waals surface area contributed by atoms with E-state index in [1.165, 1.54) is 12.1 Å². The van der Waals surface area contributed by atoms with Crippen molar-refractivity contribution in [2.75, 3.05) is 24.3 Å². The molecule has 0 unspecified atom stereocenters. The molecule has 0 radical (unpaired) electrons. The second kappa shape index (κ2) is 5.61. The van der Waals surface area contributed by atoms with E-state index in [1.807, 2.05) is 36.7 Å². The molecular formula is C14H16FN5. The lowest BCUT2D eigenvalue weighted by atomic mass is 10.2. The molecule has 6 heteroatoms. The highest BCUT2D eigenvalue weighted by atomic mass is 19.1. The minimum atomic E-state index is -0.414. The zero-order valence-corrected chi connectivity index (χ0v) is 11.7. The lowest BCUT2D eigenvalue weighted by Crippen LogP contribution is -2.15. The third-order valence-electron chi connectivity index (χ3n) is 3.02. The molecule has 0 saturated heterocycles. The van der Waals surface area contributed by atoms with E-state index in [2.05, 4.69) is 10.3 Å². The minimum absolute atomic E-state index is 0.292. The molecule has 0 atom stereocenters. The van der Waals surface area contributed by atoms with Gasteiger partial charge in [0.2, 0.25) is 5.95 Å². The summed E-state index contributed by atoms with van der Waals surface area (Å²) in [6, 6.07) is 6.09. The largest absolute Gasteiger partial charge is 0.378 e. The van der Waals surface area contributed by atoms with Crippen LogP contribution in [0.25, 0.3) is 0 Å². The SMILES string of the molecule is CN(C)c1ncc(CNc2ccc(F)cc2C#N)n1C. The van der Waals surface area contributed by atoms with E-state index in [4.69, 9.17) is 5.26 Å². The number of hydrogen-bond acceptors (Lipinski definition) is 4. The van der Waals surface area contributed by atoms with Crippen molar-refractivity contribution >= 4 is 11.6 Å². The van der Waals surface area contributed by atoms with Crippen LogP contribution in [0.5, 0.6) is 0 Å². The molecule has 2 aromatic rings. The molecule has 1 heterocycles. The Kier molecular flexibility index (Phi) is 3.89. The van der Waals surface area contributed by atoms with Crippen molar-refractivity contribution in [1.29, 1.82) is 5.26 Å². The molecule has 1 N–H and O–H groups in total. The van der Waals surface area contributed by atoms with Crippen molar-refractivity contribution in [1.82, 2.24) is 9.55 Å². The third kappa shape index (κ3) is 2.72. The first-order valence-corrected chi connectivity index (χ1v) is 6.14. The molecular weight excluding hydrogens is 257 g/mol. The predicted octanol–water partition coefficient (Wildman–Crippen LogP) is 2.11. The minimum Gasteiger partial charge on any atom is -0.378 e. The van der Waals surface area contributed by atoms with E-state index in [0.29, 0.717) is 17.8 Å². The van der Waals surface area contributed by atoms with Gasteiger partial charge in [-0.3, -0.25) is 0 Å². The number of nitrogens with one attached hydrogen (secondary N) is 1. The van der Waals surface area contributed by atoms with Crippen molar-refractivity contribution in [3.05, 3.63) is 41.5 Å². The zero-order chi connectivity index (χ0) is 14.7. The Morgan fingerprint density at radius 1 is 1.45 bits per heavy atom. The molecule has 104 valence electrons. The van der Waals surface area contributed by atoms with Gasteiger partial charge in [0.25, 0.3) is 0 Å². The second-order valence-corrected chi connectivity index (χ2v) is 4.66. The van der Waals surface area contributed by atoms with Gasteiger partial charge in [0, 0.05) is 21.1 Å². The first kappa shape index (κ1) is 13.9. The molecule has 0 bridgehead atoms. The summed E-state index contributed by atoms with van der Waals surface area (Å²) in [5.74, 6) is 0.434. The Labute approximate surface area is 117 Å². The zero-order valence-electron chi connectivity index (χ0n) is 11.7. The quantitative estimate of drug-likeness (QED) is 0.927. The smallest absolute Gasteiger partial charge is 0.204 e. The topological polar surface area (TPSA) is 56.9 Å². The number of nitrogens with zero attached hydrogens (tertiary/aromatic N) is 4. The molecule has 20 heavy (non-hydrogen) atoms. The van der Waals surface area contributed by atoms with Gasteiger partial charge >= 0.3 is 0 Å². The van der Waals surface area contributed by atoms with E-state index in [-0.39, 0.29) is 0 Å². The summed E-state index contributed by atoms with van der Waals surface area (Å²) in [6.45, 7) is 0.512. The van der Waals surface area contributed by atoms with E-state index < -0.39 is 5.82 Å². The summed E-state index contributed by atoms with van der Waals surface area (Å²) >= 11 is 0. The molecule has 0 aliphatic rings. The molecule has 0 aliphatic heterocycles. The van der Waals surface area contributed by atoms with E-state index in [9.17, 15) is 4.39 Å². The highest BCUT2D eigenvalue weighted by Gasteiger charge is 2.09. The fraction of sp³-hybridized carbons (Fsp3) is 0.286. The van der Waals surface area contributed by atoms with E-state index in [1.54, 1.807) is 12.3 Å². The highest BCUT2D eigenvalue weighted by molar-refractivity contribution is 5.57. The Bertz CT molecular complexity index is 654. The van der Waals surface area contributed by atoms with E-state index in [0.717, 1.165) is 11.6 Å². The lowest BCUT2D eigenvalue weighted by molar-refractivity contribution is 0.627. The van der Waals surface area contributed by atoms with Gasteiger partial charge in [0.05, 0.1) is 29.7 Å². The average Bonchev–Trinajstić information content (AvgIpc) is 2.78. The molecule has 5 nitrogen and oxygen atoms in total. The monoisotopic (exact) mass is 273 g/mol. The normalized spacial score (nSPS) is 10.2. The van der Waals surface area contributed by atoms with Crippen LogP contribution in [0.1, 0.15) is 11.3 Å². The van der Waals surface area contributed by atoms with Crippen LogP contribution in [0.2, 0.25) is 0 Å². The molecule has 1 aromatic heterocycles.